The van der Waals surface area contributed by atoms with Crippen LogP contribution in [-0.4, -0.2) is 56.7 Å². The van der Waals surface area contributed by atoms with Gasteiger partial charge in [0.25, 0.3) is 0 Å². The average molecular weight is 308 g/mol. The molecule has 0 bridgehead atoms. The van der Waals surface area contributed by atoms with Gasteiger partial charge in [-0.1, -0.05) is 0 Å². The van der Waals surface area contributed by atoms with E-state index in [0.29, 0.717) is 44.3 Å². The molecule has 0 radical (unpaired) electrons. The predicted octanol–water partition coefficient (Wildman–Crippen LogP) is 1.22. The molecule has 1 aromatic carbocycles. The molecule has 1 unspecified atom stereocenters. The van der Waals surface area contributed by atoms with Crippen molar-refractivity contribution in [3.63, 3.8) is 0 Å². The summed E-state index contributed by atoms with van der Waals surface area (Å²) < 4.78 is 22.0. The fourth-order valence-electron chi connectivity index (χ4n) is 2.42. The lowest BCUT2D eigenvalue weighted by molar-refractivity contribution is -0.0351. The van der Waals surface area contributed by atoms with Gasteiger partial charge < -0.3 is 29.2 Å². The molecule has 120 valence electrons. The highest BCUT2D eigenvalue weighted by molar-refractivity contribution is 5.74. The van der Waals surface area contributed by atoms with Gasteiger partial charge in [-0.15, -0.1) is 0 Å². The van der Waals surface area contributed by atoms with Crippen LogP contribution in [0.4, 0.5) is 4.79 Å². The average Bonchev–Trinajstić information content (AvgIpc) is 3.01. The van der Waals surface area contributed by atoms with E-state index in [2.05, 4.69) is 5.32 Å². The van der Waals surface area contributed by atoms with Crippen molar-refractivity contribution >= 4 is 6.03 Å². The maximum absolute atomic E-state index is 11.8. The summed E-state index contributed by atoms with van der Waals surface area (Å²) in [5.74, 6) is 2.11. The van der Waals surface area contributed by atoms with Crippen LogP contribution < -0.4 is 19.5 Å². The number of rotatable bonds is 4. The molecular formula is C15H20N2O5. The second-order valence-corrected chi connectivity index (χ2v) is 5.10. The Bertz CT molecular complexity index is 537. The molecule has 2 amide bonds. The number of benzene rings is 1. The molecule has 7 nitrogen and oxygen atoms in total. The van der Waals surface area contributed by atoms with Gasteiger partial charge in [-0.25, -0.2) is 4.79 Å². The maximum Gasteiger partial charge on any atom is 0.317 e. The summed E-state index contributed by atoms with van der Waals surface area (Å²) in [6.07, 6.45) is -0.137. The number of urea groups is 1. The van der Waals surface area contributed by atoms with E-state index in [1.807, 2.05) is 19.1 Å². The van der Waals surface area contributed by atoms with Crippen LogP contribution in [0, 0.1) is 0 Å². The smallest absolute Gasteiger partial charge is 0.317 e. The molecular weight excluding hydrogens is 288 g/mol. The van der Waals surface area contributed by atoms with Crippen LogP contribution in [0.5, 0.6) is 17.2 Å². The third-order valence-electron chi connectivity index (χ3n) is 3.53. The highest BCUT2D eigenvalue weighted by Crippen LogP contribution is 2.35. The lowest BCUT2D eigenvalue weighted by Crippen LogP contribution is -2.51. The summed E-state index contributed by atoms with van der Waals surface area (Å²) in [6.45, 7) is 4.80. The van der Waals surface area contributed by atoms with Gasteiger partial charge in [-0.05, 0) is 19.1 Å². The van der Waals surface area contributed by atoms with Crippen LogP contribution in [-0.2, 0) is 4.74 Å². The van der Waals surface area contributed by atoms with E-state index in [0.717, 1.165) is 5.75 Å². The first-order valence-corrected chi connectivity index (χ1v) is 7.43. The summed E-state index contributed by atoms with van der Waals surface area (Å²) in [5.41, 5.74) is 0. The SMILES string of the molecule is CCNC(=O)N1CCOC(COc2ccc3c(c2)OCO3)C1. The fourth-order valence-corrected chi connectivity index (χ4v) is 2.42. The number of hydrogen-bond acceptors (Lipinski definition) is 5. The number of nitrogens with zero attached hydrogens (tertiary/aromatic N) is 1. The minimum absolute atomic E-state index is 0.0566. The lowest BCUT2D eigenvalue weighted by atomic mass is 10.3. The number of fused-ring (bicyclic) bond motifs is 1. The summed E-state index contributed by atoms with van der Waals surface area (Å²) in [4.78, 5) is 13.6. The van der Waals surface area contributed by atoms with Crippen molar-refractivity contribution in [1.82, 2.24) is 10.2 Å². The molecule has 1 N–H and O–H groups in total. The molecule has 0 aromatic heterocycles. The van der Waals surface area contributed by atoms with Crippen molar-refractivity contribution in [3.05, 3.63) is 18.2 Å². The third kappa shape index (κ3) is 3.36. The number of hydrogen-bond donors (Lipinski definition) is 1. The second-order valence-electron chi connectivity index (χ2n) is 5.10. The molecule has 1 saturated heterocycles. The van der Waals surface area contributed by atoms with Crippen LogP contribution >= 0.6 is 0 Å². The highest BCUT2D eigenvalue weighted by atomic mass is 16.7. The predicted molar refractivity (Wildman–Crippen MR) is 78.4 cm³/mol. The van der Waals surface area contributed by atoms with Gasteiger partial charge in [-0.3, -0.25) is 0 Å². The molecule has 0 aliphatic carbocycles. The number of ether oxygens (including phenoxy) is 4. The largest absolute Gasteiger partial charge is 0.491 e. The van der Waals surface area contributed by atoms with Crippen LogP contribution in [0.1, 0.15) is 6.92 Å². The quantitative estimate of drug-likeness (QED) is 0.906. The van der Waals surface area contributed by atoms with Crippen LogP contribution in [0.25, 0.3) is 0 Å². The van der Waals surface area contributed by atoms with Crippen molar-refractivity contribution in [2.24, 2.45) is 0 Å². The van der Waals surface area contributed by atoms with Gasteiger partial charge in [0.15, 0.2) is 11.5 Å². The first-order valence-electron chi connectivity index (χ1n) is 7.43. The molecule has 0 saturated carbocycles. The summed E-state index contributed by atoms with van der Waals surface area (Å²) in [5, 5.41) is 2.80. The molecule has 7 heteroatoms. The number of amides is 2. The molecule has 2 aliphatic heterocycles. The normalized spacial score (nSPS) is 19.9. The Balaban J connectivity index is 1.51. The topological polar surface area (TPSA) is 69.3 Å². The summed E-state index contributed by atoms with van der Waals surface area (Å²) in [6, 6.07) is 5.39. The van der Waals surface area contributed by atoms with Gasteiger partial charge in [-0.2, -0.15) is 0 Å². The Labute approximate surface area is 129 Å². The second kappa shape index (κ2) is 6.74. The zero-order valence-electron chi connectivity index (χ0n) is 12.5. The standard InChI is InChI=1S/C15H20N2O5/c1-2-16-15(18)17-5-6-19-12(8-17)9-20-11-3-4-13-14(7-11)22-10-21-13/h3-4,7,12H,2,5-6,8-10H2,1H3,(H,16,18). The Hall–Kier alpha value is -2.15. The van der Waals surface area contributed by atoms with Gasteiger partial charge in [0.2, 0.25) is 6.79 Å². The third-order valence-corrected chi connectivity index (χ3v) is 3.53. The number of carbonyl (C=O) groups excluding carboxylic acids is 1. The van der Waals surface area contributed by atoms with Crippen molar-refractivity contribution in [1.29, 1.82) is 0 Å². The molecule has 3 rings (SSSR count). The first-order chi connectivity index (χ1) is 10.8. The van der Waals surface area contributed by atoms with Crippen LogP contribution in [0.15, 0.2) is 18.2 Å². The van der Waals surface area contributed by atoms with Gasteiger partial charge >= 0.3 is 6.03 Å². The molecule has 1 fully saturated rings. The van der Waals surface area contributed by atoms with E-state index in [4.69, 9.17) is 18.9 Å². The highest BCUT2D eigenvalue weighted by Gasteiger charge is 2.24. The lowest BCUT2D eigenvalue weighted by Gasteiger charge is -2.32. The molecule has 22 heavy (non-hydrogen) atoms. The Morgan fingerprint density at radius 2 is 2.27 bits per heavy atom. The van der Waals surface area contributed by atoms with Gasteiger partial charge in [0, 0.05) is 19.2 Å². The van der Waals surface area contributed by atoms with Crippen molar-refractivity contribution in [2.75, 3.05) is 39.6 Å². The Kier molecular flexibility index (Phi) is 4.53. The minimum Gasteiger partial charge on any atom is -0.491 e. The molecule has 1 aromatic rings. The zero-order chi connectivity index (χ0) is 15.4. The van der Waals surface area contributed by atoms with E-state index in [9.17, 15) is 4.79 Å². The zero-order valence-corrected chi connectivity index (χ0v) is 12.5. The summed E-state index contributed by atoms with van der Waals surface area (Å²) in [7, 11) is 0. The van der Waals surface area contributed by atoms with Crippen molar-refractivity contribution in [2.45, 2.75) is 13.0 Å². The summed E-state index contributed by atoms with van der Waals surface area (Å²) >= 11 is 0. The van der Waals surface area contributed by atoms with Gasteiger partial charge in [0.1, 0.15) is 18.5 Å². The van der Waals surface area contributed by atoms with Crippen molar-refractivity contribution < 1.29 is 23.7 Å². The van der Waals surface area contributed by atoms with Crippen LogP contribution in [0.2, 0.25) is 0 Å². The van der Waals surface area contributed by atoms with E-state index >= 15 is 0 Å². The number of morpholine rings is 1. The molecule has 0 spiro atoms. The number of nitrogens with one attached hydrogen (secondary N) is 1. The molecule has 2 aliphatic rings. The van der Waals surface area contributed by atoms with E-state index in [1.54, 1.807) is 11.0 Å². The Morgan fingerprint density at radius 3 is 3.14 bits per heavy atom. The fraction of sp³-hybridized carbons (Fsp3) is 0.533. The maximum atomic E-state index is 11.8. The molecule has 2 heterocycles. The van der Waals surface area contributed by atoms with Crippen LogP contribution in [0.3, 0.4) is 0 Å². The van der Waals surface area contributed by atoms with E-state index in [-0.39, 0.29) is 18.9 Å². The molecule has 1 atom stereocenters. The minimum atomic E-state index is -0.137. The Morgan fingerprint density at radius 1 is 1.41 bits per heavy atom. The van der Waals surface area contributed by atoms with Crippen molar-refractivity contribution in [3.8, 4) is 17.2 Å². The monoisotopic (exact) mass is 308 g/mol. The van der Waals surface area contributed by atoms with E-state index in [1.165, 1.54) is 0 Å². The number of carbonyl (C=O) groups is 1. The van der Waals surface area contributed by atoms with Gasteiger partial charge in [0.05, 0.1) is 13.2 Å². The van der Waals surface area contributed by atoms with E-state index < -0.39 is 0 Å². The first kappa shape index (κ1) is 14.8.